The number of carbonyl (C=O) groups excluding carboxylic acids is 3. The summed E-state index contributed by atoms with van der Waals surface area (Å²) in [5.41, 5.74) is -0.528. The second kappa shape index (κ2) is 13.3. The van der Waals surface area contributed by atoms with E-state index in [9.17, 15) is 22.8 Å². The smallest absolute Gasteiger partial charge is 0.259 e. The van der Waals surface area contributed by atoms with E-state index >= 15 is 0 Å². The number of aromatic nitrogens is 2. The lowest BCUT2D eigenvalue weighted by Gasteiger charge is -2.31. The average Bonchev–Trinajstić information content (AvgIpc) is 4.00. The third-order valence-electron chi connectivity index (χ3n) is 9.46. The molecular formula is C35H42N6O7S. The number of nitrogens with zero attached hydrogens (tertiary/aromatic N) is 3. The first-order valence-corrected chi connectivity index (χ1v) is 18.0. The zero-order valence-electron chi connectivity index (χ0n) is 28.0. The Hall–Kier alpha value is -4.72. The van der Waals surface area contributed by atoms with Crippen LogP contribution in [-0.4, -0.2) is 83.6 Å². The number of nitrogens with one attached hydrogen (secondary N) is 3. The number of anilines is 1. The number of benzene rings is 1. The number of likely N-dealkylation sites (tertiary alicyclic amines) is 1. The van der Waals surface area contributed by atoms with Gasteiger partial charge in [0.1, 0.15) is 35.3 Å². The summed E-state index contributed by atoms with van der Waals surface area (Å²) >= 11 is 0. The largest absolute Gasteiger partial charge is 0.497 e. The van der Waals surface area contributed by atoms with Crippen molar-refractivity contribution in [3.05, 3.63) is 67.0 Å². The van der Waals surface area contributed by atoms with E-state index in [0.717, 1.165) is 16.3 Å². The van der Waals surface area contributed by atoms with Crippen molar-refractivity contribution in [2.45, 2.75) is 75.4 Å². The van der Waals surface area contributed by atoms with Crippen molar-refractivity contribution in [1.82, 2.24) is 24.9 Å². The van der Waals surface area contributed by atoms with E-state index in [-0.39, 0.29) is 31.2 Å². The van der Waals surface area contributed by atoms with Gasteiger partial charge in [-0.05, 0) is 79.5 Å². The maximum atomic E-state index is 14.4. The highest BCUT2D eigenvalue weighted by molar-refractivity contribution is 7.91. The number of ether oxygens (including phenoxy) is 2. The van der Waals surface area contributed by atoms with Gasteiger partial charge in [0.15, 0.2) is 0 Å². The molecule has 5 atom stereocenters. The van der Waals surface area contributed by atoms with Crippen LogP contribution in [0.1, 0.15) is 45.1 Å². The van der Waals surface area contributed by atoms with Gasteiger partial charge in [0.25, 0.3) is 5.91 Å². The van der Waals surface area contributed by atoms with Gasteiger partial charge >= 0.3 is 0 Å². The topological polar surface area (TPSA) is 169 Å². The Balaban J connectivity index is 1.28. The van der Waals surface area contributed by atoms with E-state index < -0.39 is 56.7 Å². The number of amides is 3. The van der Waals surface area contributed by atoms with E-state index in [4.69, 9.17) is 9.47 Å². The molecule has 2 aliphatic carbocycles. The van der Waals surface area contributed by atoms with Crippen LogP contribution in [0.5, 0.6) is 11.6 Å². The molecule has 2 aromatic heterocycles. The minimum atomic E-state index is -3.86. The number of rotatable bonds is 13. The molecule has 3 N–H and O–H groups in total. The number of pyridine rings is 2. The van der Waals surface area contributed by atoms with Crippen molar-refractivity contribution in [3.63, 3.8) is 0 Å². The number of carbonyl (C=O) groups is 3. The summed E-state index contributed by atoms with van der Waals surface area (Å²) < 4.78 is 39.2. The number of fused-ring (bicyclic) bond motifs is 1. The summed E-state index contributed by atoms with van der Waals surface area (Å²) in [6, 6.07) is 9.26. The molecular weight excluding hydrogens is 648 g/mol. The van der Waals surface area contributed by atoms with Gasteiger partial charge in [-0.2, -0.15) is 0 Å². The first-order valence-electron chi connectivity index (χ1n) is 16.4. The Morgan fingerprint density at radius 2 is 1.86 bits per heavy atom. The minimum absolute atomic E-state index is 0.0669. The highest BCUT2D eigenvalue weighted by Crippen LogP contribution is 2.45. The molecule has 0 unspecified atom stereocenters. The van der Waals surface area contributed by atoms with E-state index in [1.54, 1.807) is 25.6 Å². The lowest BCUT2D eigenvalue weighted by atomic mass is 10.0. The number of hydrogen-bond donors (Lipinski definition) is 3. The van der Waals surface area contributed by atoms with Crippen LogP contribution in [0, 0.1) is 18.8 Å². The molecule has 49 heavy (non-hydrogen) atoms. The summed E-state index contributed by atoms with van der Waals surface area (Å²) in [6.07, 6.45) is 5.44. The molecule has 0 radical (unpaired) electrons. The third kappa shape index (κ3) is 7.05. The maximum Gasteiger partial charge on any atom is 0.259 e. The predicted octanol–water partition coefficient (Wildman–Crippen LogP) is 3.10. The number of methoxy groups -OCH3 is 1. The summed E-state index contributed by atoms with van der Waals surface area (Å²) in [5.74, 6) is -0.852. The highest BCUT2D eigenvalue weighted by atomic mass is 32.2. The van der Waals surface area contributed by atoms with Crippen LogP contribution in [0.25, 0.3) is 10.8 Å². The van der Waals surface area contributed by atoms with Crippen molar-refractivity contribution in [1.29, 1.82) is 0 Å². The van der Waals surface area contributed by atoms with Crippen LogP contribution in [0.4, 0.5) is 5.82 Å². The van der Waals surface area contributed by atoms with Crippen LogP contribution in [0.3, 0.4) is 0 Å². The van der Waals surface area contributed by atoms with Crippen molar-refractivity contribution in [3.8, 4) is 11.6 Å². The fourth-order valence-electron chi connectivity index (χ4n) is 6.37. The van der Waals surface area contributed by atoms with Crippen molar-refractivity contribution in [2.24, 2.45) is 11.8 Å². The molecule has 3 fully saturated rings. The second-order valence-corrected chi connectivity index (χ2v) is 15.4. The quantitative estimate of drug-likeness (QED) is 0.227. The van der Waals surface area contributed by atoms with Crippen molar-refractivity contribution in [2.75, 3.05) is 19.0 Å². The fraction of sp³-hybridized carbons (Fsp3) is 0.457. The molecule has 260 valence electrons. The summed E-state index contributed by atoms with van der Waals surface area (Å²) in [7, 11) is -2.27. The molecule has 3 heterocycles. The Morgan fingerprint density at radius 1 is 1.10 bits per heavy atom. The Morgan fingerprint density at radius 3 is 2.51 bits per heavy atom. The van der Waals surface area contributed by atoms with Crippen LogP contribution in [-0.2, 0) is 24.4 Å². The maximum absolute atomic E-state index is 14.4. The van der Waals surface area contributed by atoms with Gasteiger partial charge in [0.05, 0.1) is 18.9 Å². The molecule has 1 aliphatic heterocycles. The molecule has 14 heteroatoms. The van der Waals surface area contributed by atoms with Crippen LogP contribution >= 0.6 is 0 Å². The van der Waals surface area contributed by atoms with Gasteiger partial charge in [0, 0.05) is 30.1 Å². The summed E-state index contributed by atoms with van der Waals surface area (Å²) in [6.45, 7) is 9.57. The third-order valence-corrected chi connectivity index (χ3v) is 11.3. The molecule has 3 aromatic rings. The molecule has 1 aromatic carbocycles. The molecule has 2 saturated carbocycles. The summed E-state index contributed by atoms with van der Waals surface area (Å²) in [4.78, 5) is 52.3. The lowest BCUT2D eigenvalue weighted by molar-refractivity contribution is -0.140. The molecule has 3 amide bonds. The van der Waals surface area contributed by atoms with E-state index in [2.05, 4.69) is 31.9 Å². The predicted molar refractivity (Wildman–Crippen MR) is 183 cm³/mol. The van der Waals surface area contributed by atoms with Crippen LogP contribution < -0.4 is 24.8 Å². The fourth-order valence-corrected chi connectivity index (χ4v) is 7.73. The first-order chi connectivity index (χ1) is 23.3. The Bertz CT molecular complexity index is 1900. The van der Waals surface area contributed by atoms with Crippen molar-refractivity contribution >= 4 is 44.3 Å². The molecule has 0 bridgehead atoms. The van der Waals surface area contributed by atoms with E-state index in [1.807, 2.05) is 51.1 Å². The molecule has 13 nitrogen and oxygen atoms in total. The van der Waals surface area contributed by atoms with Crippen molar-refractivity contribution < 1.29 is 32.3 Å². The zero-order valence-corrected chi connectivity index (χ0v) is 28.8. The molecule has 1 saturated heterocycles. The zero-order chi connectivity index (χ0) is 35.1. The number of sulfonamides is 1. The van der Waals surface area contributed by atoms with Gasteiger partial charge in [-0.25, -0.2) is 18.4 Å². The average molecular weight is 691 g/mol. The summed E-state index contributed by atoms with van der Waals surface area (Å²) in [5, 5.41) is 7.05. The Kier molecular flexibility index (Phi) is 9.27. The molecule has 0 spiro atoms. The lowest BCUT2D eigenvalue weighted by Crippen LogP contribution is -2.58. The SMILES string of the molecule is C=C[C@@H]1C[C@]1(NC(=O)[C@@H]1C[C@@H](Oc2nccc3cc(OC)ccc23)CN1C(=O)[C@@H](Nc1cc(C)ccn1)C(C)C)C(=O)NS(=O)(=O)C1CC1. The van der Waals surface area contributed by atoms with Gasteiger partial charge in [-0.1, -0.05) is 19.9 Å². The van der Waals surface area contributed by atoms with E-state index in [0.29, 0.717) is 30.3 Å². The normalized spacial score (nSPS) is 23.9. The van der Waals surface area contributed by atoms with E-state index in [1.165, 1.54) is 11.0 Å². The number of hydrogen-bond acceptors (Lipinski definition) is 10. The van der Waals surface area contributed by atoms with Crippen LogP contribution in [0.2, 0.25) is 0 Å². The molecule has 6 rings (SSSR count). The Labute approximate surface area is 285 Å². The van der Waals surface area contributed by atoms with Gasteiger partial charge in [0.2, 0.25) is 27.7 Å². The molecule has 3 aliphatic rings. The number of aryl methyl sites for hydroxylation is 1. The highest BCUT2D eigenvalue weighted by Gasteiger charge is 2.62. The first kappa shape index (κ1) is 34.2. The standard InChI is InChI=1S/C35H42N6O7S/c1-6-23-18-35(23,34(44)40-49(45,46)26-8-9-26)39-31(42)28-17-25(48-32-27-10-7-24(47-5)16-22(27)12-14-37-32)19-41(28)33(43)30(20(2)3)38-29-15-21(4)11-13-36-29/h6-7,10-16,20,23,25-26,28,30H,1,8-9,17-19H2,2-5H3,(H,36,38)(H,39,42)(H,40,44)/t23-,25-,28+,30+,35-/m1/s1. The minimum Gasteiger partial charge on any atom is -0.497 e. The second-order valence-electron chi connectivity index (χ2n) is 13.5. The van der Waals surface area contributed by atoms with Gasteiger partial charge < -0.3 is 25.0 Å². The van der Waals surface area contributed by atoms with Crippen LogP contribution in [0.15, 0.2) is 61.4 Å². The van der Waals surface area contributed by atoms with Gasteiger partial charge in [-0.3, -0.25) is 19.1 Å². The monoisotopic (exact) mass is 690 g/mol. The van der Waals surface area contributed by atoms with Gasteiger partial charge in [-0.15, -0.1) is 6.58 Å².